The number of H-pyrrole nitrogens is 1. The van der Waals surface area contributed by atoms with E-state index in [2.05, 4.69) is 26.1 Å². The highest BCUT2D eigenvalue weighted by atomic mass is 16.2. The zero-order valence-corrected chi connectivity index (χ0v) is 16.0. The van der Waals surface area contributed by atoms with E-state index in [-0.39, 0.29) is 18.4 Å². The van der Waals surface area contributed by atoms with E-state index in [1.54, 1.807) is 24.4 Å². The number of anilines is 1. The standard InChI is InChI=1S/C20H20N6O4/c27-15-5-4-14(18(28)24-15)26-19(29)12-3-1-2-10(16(12)20(26)30)8-22-17-13(9-23-25-17)11-6-21-7-11/h1-3,9,11,14,21H,4-8H2,(H2,22,23,25)(H,24,27,28). The molecule has 0 bridgehead atoms. The first-order valence-corrected chi connectivity index (χ1v) is 9.86. The van der Waals surface area contributed by atoms with Crippen molar-refractivity contribution in [2.45, 2.75) is 31.3 Å². The summed E-state index contributed by atoms with van der Waals surface area (Å²) < 4.78 is 0. The molecule has 3 aliphatic heterocycles. The van der Waals surface area contributed by atoms with Gasteiger partial charge in [-0.05, 0) is 18.1 Å². The van der Waals surface area contributed by atoms with E-state index in [4.69, 9.17) is 0 Å². The molecule has 2 fully saturated rings. The Hall–Kier alpha value is -3.53. The topological polar surface area (TPSA) is 136 Å². The van der Waals surface area contributed by atoms with Crippen LogP contribution in [-0.2, 0) is 16.1 Å². The molecule has 4 amide bonds. The molecule has 30 heavy (non-hydrogen) atoms. The fraction of sp³-hybridized carbons (Fsp3) is 0.350. The van der Waals surface area contributed by atoms with Gasteiger partial charge in [0.05, 0.1) is 17.3 Å². The lowest BCUT2D eigenvalue weighted by Gasteiger charge is -2.28. The average Bonchev–Trinajstić information content (AvgIpc) is 3.23. The molecule has 1 atom stereocenters. The molecule has 2 aromatic rings. The number of hydrogen-bond acceptors (Lipinski definition) is 7. The van der Waals surface area contributed by atoms with Gasteiger partial charge in [0.1, 0.15) is 11.9 Å². The van der Waals surface area contributed by atoms with Crippen molar-refractivity contribution in [2.75, 3.05) is 18.4 Å². The monoisotopic (exact) mass is 408 g/mol. The second-order valence-electron chi connectivity index (χ2n) is 7.70. The van der Waals surface area contributed by atoms with Crippen LogP contribution in [0.4, 0.5) is 5.82 Å². The normalized spacial score (nSPS) is 21.5. The van der Waals surface area contributed by atoms with E-state index < -0.39 is 29.7 Å². The van der Waals surface area contributed by atoms with Gasteiger partial charge < -0.3 is 10.6 Å². The lowest BCUT2D eigenvalue weighted by molar-refractivity contribution is -0.136. The maximum absolute atomic E-state index is 13.1. The third-order valence-corrected chi connectivity index (χ3v) is 5.90. The Bertz CT molecular complexity index is 1070. The summed E-state index contributed by atoms with van der Waals surface area (Å²) in [6, 6.07) is 4.12. The smallest absolute Gasteiger partial charge is 0.262 e. The van der Waals surface area contributed by atoms with E-state index in [1.807, 2.05) is 0 Å². The van der Waals surface area contributed by atoms with Gasteiger partial charge in [-0.15, -0.1) is 0 Å². The second-order valence-corrected chi connectivity index (χ2v) is 7.70. The number of nitrogens with zero attached hydrogens (tertiary/aromatic N) is 2. The minimum Gasteiger partial charge on any atom is -0.366 e. The van der Waals surface area contributed by atoms with Crippen LogP contribution in [0.1, 0.15) is 50.6 Å². The highest BCUT2D eigenvalue weighted by Gasteiger charge is 2.45. The Labute approximate surface area is 171 Å². The van der Waals surface area contributed by atoms with Crippen molar-refractivity contribution in [3.05, 3.63) is 46.6 Å². The van der Waals surface area contributed by atoms with Gasteiger partial charge in [-0.1, -0.05) is 12.1 Å². The van der Waals surface area contributed by atoms with Gasteiger partial charge in [-0.25, -0.2) is 0 Å². The van der Waals surface area contributed by atoms with Gasteiger partial charge in [0, 0.05) is 37.5 Å². The molecule has 1 unspecified atom stereocenters. The molecule has 0 spiro atoms. The van der Waals surface area contributed by atoms with Gasteiger partial charge in [-0.3, -0.25) is 34.5 Å². The number of carbonyl (C=O) groups is 4. The number of aromatic nitrogens is 2. The Kier molecular flexibility index (Phi) is 4.35. The summed E-state index contributed by atoms with van der Waals surface area (Å²) in [7, 11) is 0. The molecule has 0 saturated carbocycles. The van der Waals surface area contributed by atoms with Crippen LogP contribution in [0.5, 0.6) is 0 Å². The van der Waals surface area contributed by atoms with Crippen molar-refractivity contribution in [1.82, 2.24) is 25.7 Å². The van der Waals surface area contributed by atoms with Crippen LogP contribution >= 0.6 is 0 Å². The fourth-order valence-corrected chi connectivity index (χ4v) is 4.17. The molecule has 1 aromatic carbocycles. The number of amides is 4. The summed E-state index contributed by atoms with van der Waals surface area (Å²) in [5.74, 6) is -0.840. The number of fused-ring (bicyclic) bond motifs is 1. The van der Waals surface area contributed by atoms with Gasteiger partial charge in [0.2, 0.25) is 11.8 Å². The van der Waals surface area contributed by atoms with Crippen LogP contribution in [0, 0.1) is 0 Å². The molecule has 0 aliphatic carbocycles. The van der Waals surface area contributed by atoms with Crippen LogP contribution in [0.3, 0.4) is 0 Å². The van der Waals surface area contributed by atoms with E-state index in [1.165, 1.54) is 0 Å². The van der Waals surface area contributed by atoms with Crippen molar-refractivity contribution in [3.8, 4) is 0 Å². The third kappa shape index (κ3) is 2.88. The number of hydrogen-bond donors (Lipinski definition) is 4. The maximum atomic E-state index is 13.1. The zero-order valence-electron chi connectivity index (χ0n) is 16.0. The first kappa shape index (κ1) is 18.5. The number of piperidine rings is 1. The molecule has 0 radical (unpaired) electrons. The van der Waals surface area contributed by atoms with Crippen molar-refractivity contribution in [3.63, 3.8) is 0 Å². The third-order valence-electron chi connectivity index (χ3n) is 5.90. The predicted molar refractivity (Wildman–Crippen MR) is 105 cm³/mol. The fourth-order valence-electron chi connectivity index (χ4n) is 4.17. The summed E-state index contributed by atoms with van der Waals surface area (Å²) in [6.45, 7) is 2.10. The van der Waals surface area contributed by atoms with Crippen molar-refractivity contribution >= 4 is 29.4 Å². The van der Waals surface area contributed by atoms with E-state index in [9.17, 15) is 19.2 Å². The van der Waals surface area contributed by atoms with Crippen LogP contribution in [0.15, 0.2) is 24.4 Å². The van der Waals surface area contributed by atoms with Gasteiger partial charge in [0.15, 0.2) is 0 Å². The van der Waals surface area contributed by atoms with Crippen molar-refractivity contribution in [2.24, 2.45) is 0 Å². The SMILES string of the molecule is O=C1CCC(N2C(=O)c3cccc(CNc4[nH]ncc4C4CNC4)c3C2=O)C(=O)N1. The van der Waals surface area contributed by atoms with Crippen molar-refractivity contribution < 1.29 is 19.2 Å². The summed E-state index contributed by atoms with van der Waals surface area (Å²) in [5, 5.41) is 15.8. The number of nitrogens with one attached hydrogen (secondary N) is 4. The highest BCUT2D eigenvalue weighted by Crippen LogP contribution is 2.31. The van der Waals surface area contributed by atoms with E-state index in [0.717, 1.165) is 29.4 Å². The van der Waals surface area contributed by atoms with Crippen LogP contribution in [-0.4, -0.2) is 57.9 Å². The van der Waals surface area contributed by atoms with Crippen LogP contribution < -0.4 is 16.0 Å². The van der Waals surface area contributed by atoms with Gasteiger partial charge in [-0.2, -0.15) is 5.10 Å². The minimum atomic E-state index is -0.971. The first-order valence-electron chi connectivity index (χ1n) is 9.86. The van der Waals surface area contributed by atoms with Gasteiger partial charge >= 0.3 is 0 Å². The molecule has 10 nitrogen and oxygen atoms in total. The molecular formula is C20H20N6O4. The molecule has 4 heterocycles. The molecule has 1 aromatic heterocycles. The van der Waals surface area contributed by atoms with E-state index >= 15 is 0 Å². The Balaban J connectivity index is 1.39. The molecule has 154 valence electrons. The maximum Gasteiger partial charge on any atom is 0.262 e. The highest BCUT2D eigenvalue weighted by molar-refractivity contribution is 6.24. The van der Waals surface area contributed by atoms with Crippen molar-refractivity contribution in [1.29, 1.82) is 0 Å². The number of carbonyl (C=O) groups excluding carboxylic acids is 4. The largest absolute Gasteiger partial charge is 0.366 e. The number of imide groups is 2. The summed E-state index contributed by atoms with van der Waals surface area (Å²) in [5.41, 5.74) is 2.31. The molecular weight excluding hydrogens is 388 g/mol. The lowest BCUT2D eigenvalue weighted by Crippen LogP contribution is -2.54. The van der Waals surface area contributed by atoms with Gasteiger partial charge in [0.25, 0.3) is 11.8 Å². The minimum absolute atomic E-state index is 0.0941. The lowest BCUT2D eigenvalue weighted by atomic mass is 9.96. The molecule has 2 saturated heterocycles. The Morgan fingerprint density at radius 3 is 2.70 bits per heavy atom. The average molecular weight is 408 g/mol. The Morgan fingerprint density at radius 2 is 1.97 bits per heavy atom. The number of rotatable bonds is 5. The van der Waals surface area contributed by atoms with Crippen LogP contribution in [0.25, 0.3) is 0 Å². The number of benzene rings is 1. The van der Waals surface area contributed by atoms with E-state index in [0.29, 0.717) is 23.6 Å². The predicted octanol–water partition coefficient (Wildman–Crippen LogP) is 0.110. The molecule has 4 N–H and O–H groups in total. The molecule has 3 aliphatic rings. The molecule has 5 rings (SSSR count). The van der Waals surface area contributed by atoms with Crippen LogP contribution in [0.2, 0.25) is 0 Å². The summed E-state index contributed by atoms with van der Waals surface area (Å²) in [4.78, 5) is 50.7. The summed E-state index contributed by atoms with van der Waals surface area (Å²) >= 11 is 0. The number of aromatic amines is 1. The zero-order chi connectivity index (χ0) is 20.8. The second kappa shape index (κ2) is 7.06. The quantitative estimate of drug-likeness (QED) is 0.516. The summed E-state index contributed by atoms with van der Waals surface area (Å²) in [6.07, 6.45) is 2.02. The first-order chi connectivity index (χ1) is 14.5. The molecule has 10 heteroatoms. The Morgan fingerprint density at radius 1 is 1.13 bits per heavy atom.